The number of rotatable bonds is 5. The lowest BCUT2D eigenvalue weighted by Gasteiger charge is -2.33. The number of nitrogens with zero attached hydrogens (tertiary/aromatic N) is 1. The predicted octanol–water partition coefficient (Wildman–Crippen LogP) is 1.47. The molecule has 25 heavy (non-hydrogen) atoms. The van der Waals surface area contributed by atoms with Gasteiger partial charge in [-0.15, -0.1) is 0 Å². The number of piperidine rings is 1. The molecular formula is C19H26FN3O2. The van der Waals surface area contributed by atoms with Crippen LogP contribution in [0.4, 0.5) is 4.39 Å². The molecule has 2 amide bonds. The number of hydrogen-bond donors (Lipinski definition) is 2. The maximum Gasteiger partial charge on any atom is 0.237 e. The fraction of sp³-hybridized carbons (Fsp3) is 0.579. The van der Waals surface area contributed by atoms with Gasteiger partial charge in [0.05, 0.1) is 12.5 Å². The van der Waals surface area contributed by atoms with Gasteiger partial charge in [-0.05, 0) is 55.8 Å². The van der Waals surface area contributed by atoms with Crippen molar-refractivity contribution in [3.8, 4) is 0 Å². The van der Waals surface area contributed by atoms with E-state index in [1.165, 1.54) is 12.1 Å². The van der Waals surface area contributed by atoms with E-state index in [0.29, 0.717) is 25.4 Å². The normalized spacial score (nSPS) is 23.5. The zero-order chi connectivity index (χ0) is 17.6. The minimum atomic E-state index is -0.290. The molecule has 2 saturated heterocycles. The summed E-state index contributed by atoms with van der Waals surface area (Å²) in [6.45, 7) is 2.97. The maximum atomic E-state index is 13.0. The fourth-order valence-corrected chi connectivity index (χ4v) is 3.62. The second kappa shape index (κ2) is 8.43. The van der Waals surface area contributed by atoms with Crippen molar-refractivity contribution < 1.29 is 14.0 Å². The van der Waals surface area contributed by atoms with Crippen molar-refractivity contribution in [1.82, 2.24) is 15.5 Å². The number of carbonyl (C=O) groups is 2. The Balaban J connectivity index is 1.46. The van der Waals surface area contributed by atoms with Gasteiger partial charge in [0.25, 0.3) is 0 Å². The summed E-state index contributed by atoms with van der Waals surface area (Å²) in [4.78, 5) is 26.4. The first-order chi connectivity index (χ1) is 12.1. The van der Waals surface area contributed by atoms with Crippen LogP contribution in [0.2, 0.25) is 0 Å². The van der Waals surface area contributed by atoms with Crippen molar-refractivity contribution in [3.05, 3.63) is 35.6 Å². The van der Waals surface area contributed by atoms with Gasteiger partial charge in [0.2, 0.25) is 11.8 Å². The lowest BCUT2D eigenvalue weighted by atomic mass is 9.97. The van der Waals surface area contributed by atoms with Gasteiger partial charge in [-0.1, -0.05) is 12.1 Å². The second-order valence-corrected chi connectivity index (χ2v) is 7.05. The van der Waals surface area contributed by atoms with Crippen molar-refractivity contribution in [2.45, 2.75) is 38.1 Å². The van der Waals surface area contributed by atoms with E-state index in [0.717, 1.165) is 44.3 Å². The number of amides is 2. The number of hydrogen-bond acceptors (Lipinski definition) is 3. The molecule has 0 saturated carbocycles. The van der Waals surface area contributed by atoms with Gasteiger partial charge in [0.1, 0.15) is 5.82 Å². The van der Waals surface area contributed by atoms with Crippen molar-refractivity contribution in [3.63, 3.8) is 0 Å². The number of likely N-dealkylation sites (tertiary alicyclic amines) is 1. The van der Waals surface area contributed by atoms with Crippen molar-refractivity contribution >= 4 is 11.8 Å². The molecule has 5 nitrogen and oxygen atoms in total. The van der Waals surface area contributed by atoms with Crippen LogP contribution in [0.5, 0.6) is 0 Å². The zero-order valence-corrected chi connectivity index (χ0v) is 14.5. The van der Waals surface area contributed by atoms with Gasteiger partial charge in [0, 0.05) is 19.6 Å². The Kier molecular flexibility index (Phi) is 6.02. The Bertz CT molecular complexity index is 599. The highest BCUT2D eigenvalue weighted by molar-refractivity contribution is 5.82. The molecule has 136 valence electrons. The monoisotopic (exact) mass is 347 g/mol. The third kappa shape index (κ3) is 5.01. The molecule has 0 unspecified atom stereocenters. The summed E-state index contributed by atoms with van der Waals surface area (Å²) in [6.07, 6.45) is 4.23. The molecule has 1 aromatic carbocycles. The molecule has 2 aliphatic rings. The average molecular weight is 347 g/mol. The molecule has 0 radical (unpaired) electrons. The predicted molar refractivity (Wildman–Crippen MR) is 93.4 cm³/mol. The van der Waals surface area contributed by atoms with Gasteiger partial charge >= 0.3 is 0 Å². The van der Waals surface area contributed by atoms with Crippen LogP contribution in [0.15, 0.2) is 24.3 Å². The molecule has 0 bridgehead atoms. The van der Waals surface area contributed by atoms with Crippen molar-refractivity contribution in [2.75, 3.05) is 26.2 Å². The molecule has 0 aromatic heterocycles. The van der Waals surface area contributed by atoms with Gasteiger partial charge in [-0.25, -0.2) is 4.39 Å². The zero-order valence-electron chi connectivity index (χ0n) is 14.5. The van der Waals surface area contributed by atoms with E-state index in [1.807, 2.05) is 4.90 Å². The molecule has 3 rings (SSSR count). The summed E-state index contributed by atoms with van der Waals surface area (Å²) in [5, 5.41) is 6.23. The Hall–Kier alpha value is -1.95. The summed E-state index contributed by atoms with van der Waals surface area (Å²) < 4.78 is 13.0. The Morgan fingerprint density at radius 3 is 2.72 bits per heavy atom. The topological polar surface area (TPSA) is 61.4 Å². The van der Waals surface area contributed by atoms with E-state index in [-0.39, 0.29) is 23.7 Å². The maximum absolute atomic E-state index is 13.0. The fourth-order valence-electron chi connectivity index (χ4n) is 3.62. The van der Waals surface area contributed by atoms with E-state index in [2.05, 4.69) is 10.6 Å². The van der Waals surface area contributed by atoms with E-state index in [4.69, 9.17) is 0 Å². The van der Waals surface area contributed by atoms with E-state index < -0.39 is 0 Å². The van der Waals surface area contributed by atoms with Gasteiger partial charge in [0.15, 0.2) is 0 Å². The highest BCUT2D eigenvalue weighted by atomic mass is 19.1. The molecule has 2 fully saturated rings. The minimum absolute atomic E-state index is 0.0557. The quantitative estimate of drug-likeness (QED) is 0.848. The number of carbonyl (C=O) groups excluding carboxylic acids is 2. The highest BCUT2D eigenvalue weighted by Gasteiger charge is 2.26. The van der Waals surface area contributed by atoms with Crippen LogP contribution >= 0.6 is 0 Å². The van der Waals surface area contributed by atoms with Gasteiger partial charge in [-0.2, -0.15) is 0 Å². The van der Waals surface area contributed by atoms with E-state index in [1.54, 1.807) is 12.1 Å². The van der Waals surface area contributed by atoms with Crippen LogP contribution < -0.4 is 10.6 Å². The first-order valence-electron chi connectivity index (χ1n) is 9.15. The molecule has 2 heterocycles. The molecule has 2 N–H and O–H groups in total. The van der Waals surface area contributed by atoms with Crippen LogP contribution in [0.25, 0.3) is 0 Å². The molecule has 1 aromatic rings. The summed E-state index contributed by atoms with van der Waals surface area (Å²) in [7, 11) is 0. The summed E-state index contributed by atoms with van der Waals surface area (Å²) >= 11 is 0. The number of halogens is 1. The molecule has 6 heteroatoms. The lowest BCUT2D eigenvalue weighted by Crippen LogP contribution is -2.47. The number of benzene rings is 1. The second-order valence-electron chi connectivity index (χ2n) is 7.05. The van der Waals surface area contributed by atoms with Crippen LogP contribution in [-0.2, 0) is 16.0 Å². The lowest BCUT2D eigenvalue weighted by molar-refractivity contribution is -0.132. The summed E-state index contributed by atoms with van der Waals surface area (Å²) in [5.41, 5.74) is 0.828. The Morgan fingerprint density at radius 2 is 2.00 bits per heavy atom. The van der Waals surface area contributed by atoms with Crippen molar-refractivity contribution in [2.24, 2.45) is 5.92 Å². The Morgan fingerprint density at radius 1 is 1.20 bits per heavy atom. The van der Waals surface area contributed by atoms with E-state index >= 15 is 0 Å². The summed E-state index contributed by atoms with van der Waals surface area (Å²) in [5.74, 6) is 0.158. The Labute approximate surface area is 148 Å². The molecule has 0 aliphatic carbocycles. The highest BCUT2D eigenvalue weighted by Crippen LogP contribution is 2.17. The van der Waals surface area contributed by atoms with E-state index in [9.17, 15) is 14.0 Å². The average Bonchev–Trinajstić information content (AvgIpc) is 3.16. The molecule has 2 atom stereocenters. The van der Waals surface area contributed by atoms with Crippen LogP contribution in [0.1, 0.15) is 31.2 Å². The smallest absolute Gasteiger partial charge is 0.237 e. The third-order valence-corrected chi connectivity index (χ3v) is 5.08. The first kappa shape index (κ1) is 17.9. The molecule has 0 spiro atoms. The van der Waals surface area contributed by atoms with Gasteiger partial charge in [-0.3, -0.25) is 9.59 Å². The van der Waals surface area contributed by atoms with Crippen LogP contribution in [0, 0.1) is 11.7 Å². The van der Waals surface area contributed by atoms with Gasteiger partial charge < -0.3 is 15.5 Å². The number of nitrogens with one attached hydrogen (secondary N) is 2. The standard InChI is InChI=1S/C19H26FN3O2/c20-16-7-5-14(6-8-16)11-18(24)23-10-2-3-15(13-23)12-22-19(25)17-4-1-9-21-17/h5-8,15,17,21H,1-4,9-13H2,(H,22,25)/t15-,17-/m1/s1. The summed E-state index contributed by atoms with van der Waals surface area (Å²) in [6, 6.07) is 6.02. The third-order valence-electron chi connectivity index (χ3n) is 5.08. The minimum Gasteiger partial charge on any atom is -0.354 e. The SMILES string of the molecule is O=C(NC[C@H]1CCCN(C(=O)Cc2ccc(F)cc2)C1)[C@H]1CCCN1. The molecule has 2 aliphatic heterocycles. The molecular weight excluding hydrogens is 321 g/mol. The van der Waals surface area contributed by atoms with Crippen LogP contribution in [-0.4, -0.2) is 48.9 Å². The van der Waals surface area contributed by atoms with Crippen molar-refractivity contribution in [1.29, 1.82) is 0 Å². The first-order valence-corrected chi connectivity index (χ1v) is 9.15. The van der Waals surface area contributed by atoms with Crippen LogP contribution in [0.3, 0.4) is 0 Å². The largest absolute Gasteiger partial charge is 0.354 e.